The van der Waals surface area contributed by atoms with Crippen LogP contribution in [-0.2, 0) is 25.1 Å². The quantitative estimate of drug-likeness (QED) is 0.419. The fourth-order valence-electron chi connectivity index (χ4n) is 1.49. The van der Waals surface area contributed by atoms with Gasteiger partial charge in [0, 0.05) is 12.7 Å². The zero-order valence-corrected chi connectivity index (χ0v) is 13.6. The Labute approximate surface area is 126 Å². The Morgan fingerprint density at radius 3 is 2.33 bits per heavy atom. The second-order valence-corrected chi connectivity index (χ2v) is 5.90. The second-order valence-electron chi connectivity index (χ2n) is 4.17. The summed E-state index contributed by atoms with van der Waals surface area (Å²) in [5.41, 5.74) is 3.64. The summed E-state index contributed by atoms with van der Waals surface area (Å²) in [6, 6.07) is 9.84. The molecular weight excluding hydrogens is 289 g/mol. The molecule has 0 fully saturated rings. The zero-order chi connectivity index (χ0) is 15.6. The highest BCUT2D eigenvalue weighted by Crippen LogP contribution is 2.46. The molecule has 0 aliphatic rings. The molecule has 0 radical (unpaired) electrons. The van der Waals surface area contributed by atoms with Crippen molar-refractivity contribution in [2.24, 2.45) is 0 Å². The van der Waals surface area contributed by atoms with E-state index in [0.717, 1.165) is 5.56 Å². The predicted molar refractivity (Wildman–Crippen MR) is 82.5 cm³/mol. The third kappa shape index (κ3) is 7.42. The van der Waals surface area contributed by atoms with Crippen molar-refractivity contribution in [1.29, 1.82) is 0 Å². The molecule has 1 rings (SSSR count). The van der Waals surface area contributed by atoms with Gasteiger partial charge in [-0.05, 0) is 19.4 Å². The number of nitrogens with zero attached hydrogens (tertiary/aromatic N) is 1. The first-order valence-corrected chi connectivity index (χ1v) is 8.41. The molecule has 0 aliphatic carbocycles. The standard InChI is InChI=1S/C15H22NO4P/c1-4-19-21(17,20-5-2)13-9-12-16(3)18-14-15-10-7-6-8-11-15/h6-8,10-11H,4-5,12,14H2,1-3H3. The molecule has 0 unspecified atom stereocenters. The summed E-state index contributed by atoms with van der Waals surface area (Å²) >= 11 is 0. The van der Waals surface area contributed by atoms with Gasteiger partial charge in [-0.15, -0.1) is 0 Å². The summed E-state index contributed by atoms with van der Waals surface area (Å²) in [4.78, 5) is 5.52. The molecule has 1 aromatic carbocycles. The average Bonchev–Trinajstić information content (AvgIpc) is 2.47. The average molecular weight is 311 g/mol. The van der Waals surface area contributed by atoms with Gasteiger partial charge < -0.3 is 0 Å². The Hall–Kier alpha value is -1.15. The maximum absolute atomic E-state index is 12.1. The molecule has 21 heavy (non-hydrogen) atoms. The molecule has 6 heteroatoms. The Morgan fingerprint density at radius 1 is 1.14 bits per heavy atom. The van der Waals surface area contributed by atoms with Gasteiger partial charge in [0.25, 0.3) is 0 Å². The van der Waals surface area contributed by atoms with Crippen LogP contribution in [0.25, 0.3) is 0 Å². The van der Waals surface area contributed by atoms with Gasteiger partial charge in [-0.2, -0.15) is 5.06 Å². The lowest BCUT2D eigenvalue weighted by Gasteiger charge is -2.14. The molecule has 0 saturated carbocycles. The van der Waals surface area contributed by atoms with Crippen molar-refractivity contribution < 1.29 is 18.5 Å². The number of benzene rings is 1. The molecule has 1 aromatic rings. The van der Waals surface area contributed by atoms with Crippen LogP contribution < -0.4 is 0 Å². The van der Waals surface area contributed by atoms with Crippen LogP contribution >= 0.6 is 7.60 Å². The van der Waals surface area contributed by atoms with E-state index in [-0.39, 0.29) is 0 Å². The molecule has 5 nitrogen and oxygen atoms in total. The summed E-state index contributed by atoms with van der Waals surface area (Å²) < 4.78 is 22.3. The number of hydrogen-bond donors (Lipinski definition) is 0. The maximum atomic E-state index is 12.1. The fraction of sp³-hybridized carbons (Fsp3) is 0.467. The lowest BCUT2D eigenvalue weighted by molar-refractivity contribution is -0.141. The Kier molecular flexibility index (Phi) is 8.29. The van der Waals surface area contributed by atoms with Gasteiger partial charge in [-0.25, -0.2) is 4.57 Å². The highest BCUT2D eigenvalue weighted by molar-refractivity contribution is 7.59. The van der Waals surface area contributed by atoms with Gasteiger partial charge in [0.15, 0.2) is 0 Å². The van der Waals surface area contributed by atoms with Crippen LogP contribution in [0.3, 0.4) is 0 Å². The van der Waals surface area contributed by atoms with E-state index in [0.29, 0.717) is 26.4 Å². The van der Waals surface area contributed by atoms with E-state index < -0.39 is 7.60 Å². The van der Waals surface area contributed by atoms with Gasteiger partial charge in [0.05, 0.1) is 26.4 Å². The van der Waals surface area contributed by atoms with Gasteiger partial charge in [-0.3, -0.25) is 13.9 Å². The van der Waals surface area contributed by atoms with E-state index in [1.807, 2.05) is 30.3 Å². The van der Waals surface area contributed by atoms with Gasteiger partial charge in [0.1, 0.15) is 0 Å². The van der Waals surface area contributed by atoms with Gasteiger partial charge in [-0.1, -0.05) is 36.3 Å². The van der Waals surface area contributed by atoms with Crippen LogP contribution in [0.4, 0.5) is 0 Å². The minimum atomic E-state index is -3.30. The molecule has 0 spiro atoms. The lowest BCUT2D eigenvalue weighted by Crippen LogP contribution is -2.18. The van der Waals surface area contributed by atoms with Crippen molar-refractivity contribution >= 4 is 7.60 Å². The first kappa shape index (κ1) is 17.9. The van der Waals surface area contributed by atoms with Crippen LogP contribution in [0.1, 0.15) is 19.4 Å². The monoisotopic (exact) mass is 311 g/mol. The Balaban J connectivity index is 2.43. The Morgan fingerprint density at radius 2 is 1.76 bits per heavy atom. The number of rotatable bonds is 8. The van der Waals surface area contributed by atoms with Crippen molar-refractivity contribution in [3.8, 4) is 11.6 Å². The zero-order valence-electron chi connectivity index (χ0n) is 12.7. The minimum Gasteiger partial charge on any atom is -0.300 e. The van der Waals surface area contributed by atoms with Crippen molar-refractivity contribution in [2.45, 2.75) is 20.5 Å². The first-order valence-electron chi connectivity index (χ1n) is 6.87. The third-order valence-electron chi connectivity index (χ3n) is 2.41. The molecule has 0 aromatic heterocycles. The van der Waals surface area contributed by atoms with Crippen LogP contribution in [0, 0.1) is 11.6 Å². The van der Waals surface area contributed by atoms with E-state index >= 15 is 0 Å². The van der Waals surface area contributed by atoms with Crippen LogP contribution in [0.15, 0.2) is 30.3 Å². The topological polar surface area (TPSA) is 48.0 Å². The number of hydroxylamine groups is 2. The predicted octanol–water partition coefficient (Wildman–Crippen LogP) is 3.28. The van der Waals surface area contributed by atoms with Crippen LogP contribution in [0.2, 0.25) is 0 Å². The fourth-order valence-corrected chi connectivity index (χ4v) is 2.64. The maximum Gasteiger partial charge on any atom is 0.405 e. The first-order chi connectivity index (χ1) is 10.1. The van der Waals surface area contributed by atoms with E-state index in [1.54, 1.807) is 26.0 Å². The van der Waals surface area contributed by atoms with Crippen LogP contribution in [0.5, 0.6) is 0 Å². The van der Waals surface area contributed by atoms with E-state index in [2.05, 4.69) is 11.6 Å². The van der Waals surface area contributed by atoms with Crippen molar-refractivity contribution in [3.63, 3.8) is 0 Å². The van der Waals surface area contributed by atoms with Crippen molar-refractivity contribution in [1.82, 2.24) is 5.06 Å². The summed E-state index contributed by atoms with van der Waals surface area (Å²) in [6.07, 6.45) is 0. The van der Waals surface area contributed by atoms with Gasteiger partial charge in [0.2, 0.25) is 0 Å². The van der Waals surface area contributed by atoms with Crippen LogP contribution in [-0.4, -0.2) is 31.9 Å². The third-order valence-corrected chi connectivity index (χ3v) is 4.04. The van der Waals surface area contributed by atoms with Crippen molar-refractivity contribution in [3.05, 3.63) is 35.9 Å². The summed E-state index contributed by atoms with van der Waals surface area (Å²) in [7, 11) is -1.53. The molecule has 0 saturated heterocycles. The molecule has 0 aliphatic heterocycles. The smallest absolute Gasteiger partial charge is 0.300 e. The molecule has 116 valence electrons. The molecule has 0 bridgehead atoms. The largest absolute Gasteiger partial charge is 0.405 e. The van der Waals surface area contributed by atoms with E-state index in [4.69, 9.17) is 13.9 Å². The highest BCUT2D eigenvalue weighted by atomic mass is 31.2. The van der Waals surface area contributed by atoms with Gasteiger partial charge >= 0.3 is 7.60 Å². The normalized spacial score (nSPS) is 11.2. The molecule has 0 heterocycles. The summed E-state index contributed by atoms with van der Waals surface area (Å²) in [5, 5.41) is 1.59. The summed E-state index contributed by atoms with van der Waals surface area (Å²) in [6.45, 7) is 4.88. The number of hydrogen-bond acceptors (Lipinski definition) is 5. The summed E-state index contributed by atoms with van der Waals surface area (Å²) in [5.74, 6) is 2.77. The Bertz CT molecular complexity index is 499. The minimum absolute atomic E-state index is 0.298. The second kappa shape index (κ2) is 9.73. The van der Waals surface area contributed by atoms with Crippen molar-refractivity contribution in [2.75, 3.05) is 26.8 Å². The molecule has 0 atom stereocenters. The highest BCUT2D eigenvalue weighted by Gasteiger charge is 2.19. The lowest BCUT2D eigenvalue weighted by atomic mass is 10.2. The van der Waals surface area contributed by atoms with E-state index in [1.165, 1.54) is 0 Å². The molecular formula is C15H22NO4P. The SMILES string of the molecule is CCOP(=O)(C#CCN(C)OCc1ccccc1)OCC. The van der Waals surface area contributed by atoms with E-state index in [9.17, 15) is 4.57 Å². The molecule has 0 amide bonds. The molecule has 0 N–H and O–H groups in total.